The number of nitriles is 1. The van der Waals surface area contributed by atoms with Gasteiger partial charge in [-0.05, 0) is 23.8 Å². The lowest BCUT2D eigenvalue weighted by molar-refractivity contribution is 0.0989. The maximum absolute atomic E-state index is 13.4. The van der Waals surface area contributed by atoms with Gasteiger partial charge in [0.05, 0.1) is 18.4 Å². The lowest BCUT2D eigenvalue weighted by Crippen LogP contribution is -2.28. The van der Waals surface area contributed by atoms with Crippen LogP contribution in [0.1, 0.15) is 15.9 Å². The summed E-state index contributed by atoms with van der Waals surface area (Å²) in [5, 5.41) is 10.1. The van der Waals surface area contributed by atoms with E-state index >= 15 is 0 Å². The molecular weight excluding hydrogens is 398 g/mol. The first-order chi connectivity index (χ1) is 15.6. The Labute approximate surface area is 187 Å². The maximum Gasteiger partial charge on any atom is 0.262 e. The van der Waals surface area contributed by atoms with Gasteiger partial charge in [-0.3, -0.25) is 9.69 Å². The Hall–Kier alpha value is -4.43. The quantitative estimate of drug-likeness (QED) is 0.424. The van der Waals surface area contributed by atoms with Crippen LogP contribution in [-0.4, -0.2) is 25.0 Å². The molecule has 0 aliphatic heterocycles. The van der Waals surface area contributed by atoms with Crippen molar-refractivity contribution >= 4 is 11.7 Å². The normalized spacial score (nSPS) is 10.3. The molecule has 1 amide bonds. The average molecular weight is 419 g/mol. The summed E-state index contributed by atoms with van der Waals surface area (Å²) in [5.41, 5.74) is 3.91. The third-order valence-electron chi connectivity index (χ3n) is 5.23. The van der Waals surface area contributed by atoms with E-state index in [0.717, 1.165) is 16.7 Å². The van der Waals surface area contributed by atoms with E-state index in [4.69, 9.17) is 9.72 Å². The number of nitrogens with zero attached hydrogens (tertiary/aromatic N) is 3. The fourth-order valence-electron chi connectivity index (χ4n) is 3.58. The average Bonchev–Trinajstić information content (AvgIpc) is 2.88. The molecule has 0 unspecified atom stereocenters. The van der Waals surface area contributed by atoms with Gasteiger partial charge in [0.15, 0.2) is 5.82 Å². The summed E-state index contributed by atoms with van der Waals surface area (Å²) >= 11 is 0. The van der Waals surface area contributed by atoms with E-state index in [2.05, 4.69) is 6.07 Å². The Bertz CT molecular complexity index is 1300. The first kappa shape index (κ1) is 20.8. The molecule has 4 rings (SSSR count). The van der Waals surface area contributed by atoms with Crippen LogP contribution in [0.5, 0.6) is 5.75 Å². The zero-order valence-corrected chi connectivity index (χ0v) is 17.8. The van der Waals surface area contributed by atoms with Crippen LogP contribution in [0, 0.1) is 11.3 Å². The number of hydrogen-bond acceptors (Lipinski definition) is 4. The molecule has 0 radical (unpaired) electrons. The minimum Gasteiger partial charge on any atom is -0.496 e. The summed E-state index contributed by atoms with van der Waals surface area (Å²) in [7, 11) is 3.15. The van der Waals surface area contributed by atoms with Crippen LogP contribution in [-0.2, 0) is 0 Å². The molecule has 1 heterocycles. The number of aromatic nitrogens is 1. The van der Waals surface area contributed by atoms with E-state index in [-0.39, 0.29) is 5.91 Å². The van der Waals surface area contributed by atoms with Crippen molar-refractivity contribution in [2.45, 2.75) is 0 Å². The Morgan fingerprint density at radius 1 is 0.906 bits per heavy atom. The predicted molar refractivity (Wildman–Crippen MR) is 126 cm³/mol. The van der Waals surface area contributed by atoms with Crippen molar-refractivity contribution in [3.05, 3.63) is 102 Å². The van der Waals surface area contributed by atoms with Crippen LogP contribution in [0.3, 0.4) is 0 Å². The number of amides is 1. The smallest absolute Gasteiger partial charge is 0.262 e. The SMILES string of the molecule is COc1ccccc1C(=O)N(C)c1nc(-c2ccccc2)cc(-c2ccccc2)c1C#N. The van der Waals surface area contributed by atoms with Crippen LogP contribution in [0.2, 0.25) is 0 Å². The molecular formula is C27H21N3O2. The third-order valence-corrected chi connectivity index (χ3v) is 5.23. The first-order valence-electron chi connectivity index (χ1n) is 10.1. The third kappa shape index (κ3) is 3.94. The van der Waals surface area contributed by atoms with E-state index in [1.54, 1.807) is 31.3 Å². The molecule has 32 heavy (non-hydrogen) atoms. The molecule has 5 heteroatoms. The minimum absolute atomic E-state index is 0.295. The van der Waals surface area contributed by atoms with E-state index < -0.39 is 0 Å². The number of ether oxygens (including phenoxy) is 1. The van der Waals surface area contributed by atoms with Gasteiger partial charge in [-0.1, -0.05) is 72.8 Å². The molecule has 4 aromatic rings. The van der Waals surface area contributed by atoms with Crippen molar-refractivity contribution in [3.8, 4) is 34.2 Å². The highest BCUT2D eigenvalue weighted by molar-refractivity contribution is 6.08. The number of methoxy groups -OCH3 is 1. The topological polar surface area (TPSA) is 66.2 Å². The molecule has 0 aliphatic rings. The number of benzene rings is 3. The van der Waals surface area contributed by atoms with Gasteiger partial charge < -0.3 is 4.74 Å². The molecule has 1 aromatic heterocycles. The van der Waals surface area contributed by atoms with Crippen molar-refractivity contribution in [1.82, 2.24) is 4.98 Å². The number of carbonyl (C=O) groups is 1. The Morgan fingerprint density at radius 3 is 2.12 bits per heavy atom. The summed E-state index contributed by atoms with van der Waals surface area (Å²) in [5.74, 6) is 0.449. The van der Waals surface area contributed by atoms with Gasteiger partial charge in [0, 0.05) is 18.2 Å². The summed E-state index contributed by atoms with van der Waals surface area (Å²) in [6.07, 6.45) is 0. The molecule has 5 nitrogen and oxygen atoms in total. The van der Waals surface area contributed by atoms with Gasteiger partial charge >= 0.3 is 0 Å². The molecule has 0 saturated heterocycles. The van der Waals surface area contributed by atoms with Crippen LogP contribution >= 0.6 is 0 Å². The summed E-state index contributed by atoms with van der Waals surface area (Å²) in [6, 6.07) is 30.5. The predicted octanol–water partition coefficient (Wildman–Crippen LogP) is 5.57. The number of pyridine rings is 1. The highest BCUT2D eigenvalue weighted by Crippen LogP contribution is 2.34. The molecule has 0 aliphatic carbocycles. The van der Waals surface area contributed by atoms with Gasteiger partial charge in [0.2, 0.25) is 0 Å². The number of para-hydroxylation sites is 1. The Balaban J connectivity index is 1.92. The number of rotatable bonds is 5. The zero-order valence-electron chi connectivity index (χ0n) is 17.8. The second-order valence-electron chi connectivity index (χ2n) is 7.16. The highest BCUT2D eigenvalue weighted by atomic mass is 16.5. The zero-order chi connectivity index (χ0) is 22.5. The van der Waals surface area contributed by atoms with Crippen molar-refractivity contribution in [3.63, 3.8) is 0 Å². The number of carbonyl (C=O) groups excluding carboxylic acids is 1. The standard InChI is InChI=1S/C27H21N3O2/c1-30(27(31)21-15-9-10-16-25(21)32-2)26-23(18-28)22(19-11-5-3-6-12-19)17-24(29-26)20-13-7-4-8-14-20/h3-17H,1-2H3. The van der Waals surface area contributed by atoms with Crippen molar-refractivity contribution < 1.29 is 9.53 Å². The van der Waals surface area contributed by atoms with Crippen LogP contribution < -0.4 is 9.64 Å². The van der Waals surface area contributed by atoms with Crippen molar-refractivity contribution in [1.29, 1.82) is 5.26 Å². The minimum atomic E-state index is -0.310. The molecule has 3 aromatic carbocycles. The number of hydrogen-bond donors (Lipinski definition) is 0. The Kier molecular flexibility index (Phi) is 5.96. The van der Waals surface area contributed by atoms with E-state index in [0.29, 0.717) is 28.4 Å². The summed E-state index contributed by atoms with van der Waals surface area (Å²) in [4.78, 5) is 19.5. The van der Waals surface area contributed by atoms with Gasteiger partial charge in [-0.15, -0.1) is 0 Å². The fraction of sp³-hybridized carbons (Fsp3) is 0.0741. The summed E-state index contributed by atoms with van der Waals surface area (Å²) in [6.45, 7) is 0. The first-order valence-corrected chi connectivity index (χ1v) is 10.1. The maximum atomic E-state index is 13.4. The van der Waals surface area contributed by atoms with Crippen molar-refractivity contribution in [2.24, 2.45) is 0 Å². The molecule has 0 bridgehead atoms. The second-order valence-corrected chi connectivity index (χ2v) is 7.16. The van der Waals surface area contributed by atoms with E-state index in [1.807, 2.05) is 66.7 Å². The lowest BCUT2D eigenvalue weighted by Gasteiger charge is -2.21. The number of anilines is 1. The molecule has 0 spiro atoms. The van der Waals surface area contributed by atoms with Gasteiger partial charge in [0.25, 0.3) is 5.91 Å². The van der Waals surface area contributed by atoms with Gasteiger partial charge in [-0.2, -0.15) is 5.26 Å². The molecule has 0 fully saturated rings. The molecule has 0 saturated carbocycles. The van der Waals surface area contributed by atoms with Crippen LogP contribution in [0.4, 0.5) is 5.82 Å². The molecule has 156 valence electrons. The largest absolute Gasteiger partial charge is 0.496 e. The van der Waals surface area contributed by atoms with Gasteiger partial charge in [0.1, 0.15) is 17.4 Å². The van der Waals surface area contributed by atoms with E-state index in [9.17, 15) is 10.1 Å². The lowest BCUT2D eigenvalue weighted by atomic mass is 9.98. The molecule has 0 atom stereocenters. The van der Waals surface area contributed by atoms with Gasteiger partial charge in [-0.25, -0.2) is 4.98 Å². The highest BCUT2D eigenvalue weighted by Gasteiger charge is 2.24. The second kappa shape index (κ2) is 9.15. The Morgan fingerprint density at radius 2 is 1.50 bits per heavy atom. The molecule has 0 N–H and O–H groups in total. The van der Waals surface area contributed by atoms with E-state index in [1.165, 1.54) is 12.0 Å². The fourth-order valence-corrected chi connectivity index (χ4v) is 3.58. The summed E-state index contributed by atoms with van der Waals surface area (Å²) < 4.78 is 5.36. The van der Waals surface area contributed by atoms with Crippen LogP contribution in [0.15, 0.2) is 91.0 Å². The van der Waals surface area contributed by atoms with Crippen molar-refractivity contribution in [2.75, 3.05) is 19.1 Å². The van der Waals surface area contributed by atoms with Crippen LogP contribution in [0.25, 0.3) is 22.4 Å². The monoisotopic (exact) mass is 419 g/mol.